The van der Waals surface area contributed by atoms with Crippen molar-refractivity contribution in [1.29, 1.82) is 0 Å². The summed E-state index contributed by atoms with van der Waals surface area (Å²) in [6.07, 6.45) is 0. The van der Waals surface area contributed by atoms with Gasteiger partial charge >= 0.3 is 0 Å². The summed E-state index contributed by atoms with van der Waals surface area (Å²) in [4.78, 5) is 25.2. The number of amides is 2. The van der Waals surface area contributed by atoms with E-state index in [1.165, 1.54) is 25.1 Å². The molecule has 33 heavy (non-hydrogen) atoms. The van der Waals surface area contributed by atoms with E-state index >= 15 is 0 Å². The van der Waals surface area contributed by atoms with E-state index in [4.69, 9.17) is 23.2 Å². The quantitative estimate of drug-likeness (QED) is 0.212. The second-order valence-electron chi connectivity index (χ2n) is 6.70. The van der Waals surface area contributed by atoms with Gasteiger partial charge in [-0.15, -0.1) is 11.8 Å². The van der Waals surface area contributed by atoms with Crippen LogP contribution in [-0.2, 0) is 4.79 Å². The molecule has 172 valence electrons. The topological polar surface area (TPSA) is 58.2 Å². The lowest BCUT2D eigenvalue weighted by Gasteiger charge is -2.14. The minimum atomic E-state index is -1.69. The van der Waals surface area contributed by atoms with E-state index in [1.807, 2.05) is 5.32 Å². The molecule has 3 aromatic rings. The largest absolute Gasteiger partial charge is 0.322 e. The number of benzene rings is 3. The number of thioether (sulfide) groups is 1. The summed E-state index contributed by atoms with van der Waals surface area (Å²) in [5, 5.41) is 4.26. The van der Waals surface area contributed by atoms with Crippen molar-refractivity contribution in [2.75, 3.05) is 10.6 Å². The molecular weight excluding hydrogens is 503 g/mol. The van der Waals surface area contributed by atoms with Gasteiger partial charge in [0.25, 0.3) is 5.91 Å². The van der Waals surface area contributed by atoms with Crippen LogP contribution in [-0.4, -0.2) is 17.1 Å². The minimum absolute atomic E-state index is 0.0553. The average molecular weight is 517 g/mol. The van der Waals surface area contributed by atoms with Crippen LogP contribution < -0.4 is 10.6 Å². The molecule has 0 saturated carbocycles. The third kappa shape index (κ3) is 5.98. The van der Waals surface area contributed by atoms with Gasteiger partial charge in [-0.3, -0.25) is 9.59 Å². The van der Waals surface area contributed by atoms with E-state index in [2.05, 4.69) is 5.32 Å². The maximum absolute atomic E-state index is 13.8. The molecule has 1 unspecified atom stereocenters. The molecule has 3 aromatic carbocycles. The van der Waals surface area contributed by atoms with Gasteiger partial charge in [-0.2, -0.15) is 0 Å². The van der Waals surface area contributed by atoms with Gasteiger partial charge in [0.15, 0.2) is 23.3 Å². The van der Waals surface area contributed by atoms with Crippen LogP contribution in [0.5, 0.6) is 0 Å². The lowest BCUT2D eigenvalue weighted by molar-refractivity contribution is -0.115. The summed E-state index contributed by atoms with van der Waals surface area (Å²) < 4.78 is 54.1. The number of hydrogen-bond acceptors (Lipinski definition) is 3. The highest BCUT2D eigenvalue weighted by Crippen LogP contribution is 2.29. The van der Waals surface area contributed by atoms with Crippen molar-refractivity contribution in [2.45, 2.75) is 17.1 Å². The Kier molecular flexibility index (Phi) is 7.88. The third-order valence-corrected chi connectivity index (χ3v) is 5.99. The first kappa shape index (κ1) is 24.9. The maximum Gasteiger partial charge on any atom is 0.257 e. The van der Waals surface area contributed by atoms with Crippen LogP contribution in [0.3, 0.4) is 0 Å². The summed E-state index contributed by atoms with van der Waals surface area (Å²) in [6.45, 7) is 1.45. The van der Waals surface area contributed by atoms with Crippen LogP contribution >= 0.6 is 35.0 Å². The van der Waals surface area contributed by atoms with E-state index in [1.54, 1.807) is 24.3 Å². The molecule has 0 aliphatic rings. The van der Waals surface area contributed by atoms with Gasteiger partial charge in [-0.25, -0.2) is 17.6 Å². The van der Waals surface area contributed by atoms with Crippen molar-refractivity contribution in [2.24, 2.45) is 0 Å². The number of carbonyl (C=O) groups is 2. The second kappa shape index (κ2) is 10.5. The van der Waals surface area contributed by atoms with Crippen LogP contribution in [0.4, 0.5) is 28.9 Å². The van der Waals surface area contributed by atoms with Crippen LogP contribution in [0.25, 0.3) is 0 Å². The Morgan fingerprint density at radius 1 is 0.879 bits per heavy atom. The Morgan fingerprint density at radius 2 is 1.48 bits per heavy atom. The van der Waals surface area contributed by atoms with E-state index < -0.39 is 46.0 Å². The number of rotatable bonds is 6. The second-order valence-corrected chi connectivity index (χ2v) is 8.95. The molecule has 0 fully saturated rings. The average Bonchev–Trinajstić information content (AvgIpc) is 2.76. The maximum atomic E-state index is 13.8. The first-order chi connectivity index (χ1) is 15.6. The van der Waals surface area contributed by atoms with Gasteiger partial charge in [0.1, 0.15) is 5.69 Å². The van der Waals surface area contributed by atoms with Crippen molar-refractivity contribution >= 4 is 58.2 Å². The summed E-state index contributed by atoms with van der Waals surface area (Å²) in [5.41, 5.74) is -0.506. The molecule has 0 heterocycles. The fourth-order valence-corrected chi connectivity index (χ4v) is 4.02. The molecule has 0 spiro atoms. The van der Waals surface area contributed by atoms with Crippen molar-refractivity contribution in [1.82, 2.24) is 0 Å². The fraction of sp³-hybridized carbons (Fsp3) is 0.0909. The number of anilines is 2. The minimum Gasteiger partial charge on any atom is -0.322 e. The van der Waals surface area contributed by atoms with Gasteiger partial charge in [0.05, 0.1) is 15.8 Å². The number of carbonyl (C=O) groups excluding carboxylic acids is 2. The zero-order valence-electron chi connectivity index (χ0n) is 16.7. The van der Waals surface area contributed by atoms with Crippen molar-refractivity contribution < 1.29 is 27.2 Å². The Bertz CT molecular complexity index is 1200. The molecule has 0 radical (unpaired) electrons. The van der Waals surface area contributed by atoms with Gasteiger partial charge in [-0.05, 0) is 49.4 Å². The molecule has 0 aliphatic carbocycles. The summed E-state index contributed by atoms with van der Waals surface area (Å²) in [7, 11) is 0. The van der Waals surface area contributed by atoms with E-state index in [9.17, 15) is 27.2 Å². The third-order valence-electron chi connectivity index (χ3n) is 4.33. The Hall–Kier alpha value is -2.75. The molecule has 0 aromatic heterocycles. The molecule has 2 N–H and O–H groups in total. The van der Waals surface area contributed by atoms with Crippen LogP contribution in [0.1, 0.15) is 17.3 Å². The number of hydrogen-bond donors (Lipinski definition) is 2. The van der Waals surface area contributed by atoms with Crippen LogP contribution in [0.15, 0.2) is 53.4 Å². The lowest BCUT2D eigenvalue weighted by atomic mass is 10.2. The molecule has 0 aliphatic heterocycles. The molecule has 11 heteroatoms. The van der Waals surface area contributed by atoms with Crippen molar-refractivity contribution in [3.63, 3.8) is 0 Å². The molecule has 4 nitrogen and oxygen atoms in total. The standard InChI is InChI=1S/C22H14Cl2F4N2O2S/c1-10(21(31)30-20-18(27)16(25)9-17(26)19(20)28)33-13-5-3-12(4-6-13)29-22(32)14-7-2-11(23)8-15(14)24/h2-10H,1H3,(H,29,32)(H,30,31). The van der Waals surface area contributed by atoms with E-state index in [-0.39, 0.29) is 16.7 Å². The summed E-state index contributed by atoms with van der Waals surface area (Å²) in [6, 6.07) is 10.9. The zero-order chi connectivity index (χ0) is 24.3. The van der Waals surface area contributed by atoms with E-state index in [0.29, 0.717) is 15.6 Å². The number of nitrogens with one attached hydrogen (secondary N) is 2. The van der Waals surface area contributed by atoms with Crippen LogP contribution in [0.2, 0.25) is 10.0 Å². The Labute approximate surface area is 200 Å². The highest BCUT2D eigenvalue weighted by molar-refractivity contribution is 8.00. The monoisotopic (exact) mass is 516 g/mol. The molecular formula is C22H14Cl2F4N2O2S. The van der Waals surface area contributed by atoms with Gasteiger partial charge in [-0.1, -0.05) is 23.2 Å². The van der Waals surface area contributed by atoms with Crippen molar-refractivity contribution in [3.05, 3.63) is 87.4 Å². The molecule has 0 saturated heterocycles. The number of halogens is 6. The molecule has 1 atom stereocenters. The Balaban J connectivity index is 1.64. The predicted molar refractivity (Wildman–Crippen MR) is 121 cm³/mol. The fourth-order valence-electron chi connectivity index (χ4n) is 2.65. The Morgan fingerprint density at radius 3 is 2.06 bits per heavy atom. The van der Waals surface area contributed by atoms with Gasteiger partial charge < -0.3 is 10.6 Å². The summed E-state index contributed by atoms with van der Waals surface area (Å²) in [5.74, 6) is -7.95. The highest BCUT2D eigenvalue weighted by Gasteiger charge is 2.23. The SMILES string of the molecule is CC(Sc1ccc(NC(=O)c2ccc(Cl)cc2Cl)cc1)C(=O)Nc1c(F)c(F)cc(F)c1F. The normalized spacial score (nSPS) is 11.7. The molecule has 2 amide bonds. The van der Waals surface area contributed by atoms with E-state index in [0.717, 1.165) is 11.8 Å². The first-order valence-corrected chi connectivity index (χ1v) is 10.9. The lowest BCUT2D eigenvalue weighted by Crippen LogP contribution is -2.24. The molecule has 3 rings (SSSR count). The smallest absolute Gasteiger partial charge is 0.257 e. The van der Waals surface area contributed by atoms with Gasteiger partial charge in [0.2, 0.25) is 5.91 Å². The first-order valence-electron chi connectivity index (χ1n) is 9.23. The highest BCUT2D eigenvalue weighted by atomic mass is 35.5. The predicted octanol–water partition coefficient (Wildman–Crippen LogP) is 6.92. The molecule has 0 bridgehead atoms. The van der Waals surface area contributed by atoms with Gasteiger partial charge in [0, 0.05) is 21.7 Å². The van der Waals surface area contributed by atoms with Crippen molar-refractivity contribution in [3.8, 4) is 0 Å². The zero-order valence-corrected chi connectivity index (χ0v) is 19.0. The summed E-state index contributed by atoms with van der Waals surface area (Å²) >= 11 is 12.9. The van der Waals surface area contributed by atoms with Crippen LogP contribution in [0, 0.1) is 23.3 Å².